The minimum absolute atomic E-state index is 0. The molecule has 1 aliphatic rings. The minimum atomic E-state index is -4.34. The molecule has 0 bridgehead atoms. The Morgan fingerprint density at radius 1 is 1.05 bits per heavy atom. The van der Waals surface area contributed by atoms with E-state index in [0.29, 0.717) is 26.2 Å². The van der Waals surface area contributed by atoms with Crippen LogP contribution in [-0.4, -0.2) is 37.3 Å². The Morgan fingerprint density at radius 3 is 2.10 bits per heavy atom. The standard InChI is InChI=1S/C12H13Cl2F3N2.2ClH/c13-9-2-1-8(7-10(9)14)11(12(15,16)17)19-5-3-18-4-6-19;;/h1-2,7,11,18H,3-6H2;2*1H/t11-;;/m0../s1. The Kier molecular flexibility index (Phi) is 8.69. The quantitative estimate of drug-likeness (QED) is 0.814. The molecule has 0 radical (unpaired) electrons. The molecule has 9 heteroatoms. The summed E-state index contributed by atoms with van der Waals surface area (Å²) in [6.07, 6.45) is -4.34. The number of nitrogens with one attached hydrogen (secondary N) is 1. The summed E-state index contributed by atoms with van der Waals surface area (Å²) in [6, 6.07) is 2.45. The van der Waals surface area contributed by atoms with Crippen molar-refractivity contribution < 1.29 is 13.2 Å². The molecular formula is C12H15Cl4F3N2. The lowest BCUT2D eigenvalue weighted by Crippen LogP contribution is -2.49. The molecule has 0 spiro atoms. The van der Waals surface area contributed by atoms with Crippen LogP contribution in [0.25, 0.3) is 0 Å². The van der Waals surface area contributed by atoms with Crippen LogP contribution < -0.4 is 5.32 Å². The summed E-state index contributed by atoms with van der Waals surface area (Å²) in [5.74, 6) is 0. The van der Waals surface area contributed by atoms with E-state index in [1.165, 1.54) is 23.1 Å². The smallest absolute Gasteiger partial charge is 0.314 e. The van der Waals surface area contributed by atoms with Crippen molar-refractivity contribution in [3.8, 4) is 0 Å². The van der Waals surface area contributed by atoms with Gasteiger partial charge in [-0.1, -0.05) is 29.3 Å². The molecule has 0 saturated carbocycles. The van der Waals surface area contributed by atoms with Crippen LogP contribution in [0, 0.1) is 0 Å². The van der Waals surface area contributed by atoms with Crippen molar-refractivity contribution >= 4 is 48.0 Å². The van der Waals surface area contributed by atoms with Crippen molar-refractivity contribution in [2.24, 2.45) is 0 Å². The molecule has 0 amide bonds. The largest absolute Gasteiger partial charge is 0.408 e. The zero-order valence-corrected chi connectivity index (χ0v) is 13.9. The van der Waals surface area contributed by atoms with Crippen LogP contribution in [0.5, 0.6) is 0 Å². The fraction of sp³-hybridized carbons (Fsp3) is 0.500. The van der Waals surface area contributed by atoms with Crippen molar-refractivity contribution in [3.63, 3.8) is 0 Å². The molecule has 0 unspecified atom stereocenters. The average Bonchev–Trinajstić information content (AvgIpc) is 2.34. The predicted molar refractivity (Wildman–Crippen MR) is 84.2 cm³/mol. The molecule has 1 fully saturated rings. The van der Waals surface area contributed by atoms with Crippen molar-refractivity contribution in [3.05, 3.63) is 33.8 Å². The summed E-state index contributed by atoms with van der Waals surface area (Å²) in [7, 11) is 0. The van der Waals surface area contributed by atoms with Gasteiger partial charge in [0.1, 0.15) is 6.04 Å². The molecule has 1 N–H and O–H groups in total. The van der Waals surface area contributed by atoms with E-state index in [4.69, 9.17) is 23.2 Å². The summed E-state index contributed by atoms with van der Waals surface area (Å²) in [4.78, 5) is 1.41. The Labute approximate surface area is 143 Å². The summed E-state index contributed by atoms with van der Waals surface area (Å²) in [5, 5.41) is 3.44. The fourth-order valence-electron chi connectivity index (χ4n) is 2.23. The maximum absolute atomic E-state index is 13.3. The van der Waals surface area contributed by atoms with Crippen LogP contribution in [0.2, 0.25) is 10.0 Å². The highest BCUT2D eigenvalue weighted by Crippen LogP contribution is 2.39. The van der Waals surface area contributed by atoms with E-state index in [1.54, 1.807) is 0 Å². The minimum Gasteiger partial charge on any atom is -0.314 e. The Balaban J connectivity index is 0.00000200. The van der Waals surface area contributed by atoms with Gasteiger partial charge in [0, 0.05) is 26.2 Å². The number of nitrogens with zero attached hydrogens (tertiary/aromatic N) is 1. The Morgan fingerprint density at radius 2 is 1.62 bits per heavy atom. The van der Waals surface area contributed by atoms with E-state index in [-0.39, 0.29) is 40.4 Å². The monoisotopic (exact) mass is 384 g/mol. The van der Waals surface area contributed by atoms with Gasteiger partial charge in [-0.25, -0.2) is 0 Å². The normalized spacial score (nSPS) is 17.6. The number of benzene rings is 1. The maximum Gasteiger partial charge on any atom is 0.408 e. The number of rotatable bonds is 2. The Hall–Kier alpha value is 0.0900. The average molecular weight is 386 g/mol. The van der Waals surface area contributed by atoms with E-state index < -0.39 is 12.2 Å². The Bertz CT molecular complexity index is 451. The molecule has 1 aromatic carbocycles. The molecule has 21 heavy (non-hydrogen) atoms. The lowest BCUT2D eigenvalue weighted by Gasteiger charge is -2.36. The highest BCUT2D eigenvalue weighted by molar-refractivity contribution is 6.42. The van der Waals surface area contributed by atoms with Gasteiger partial charge in [-0.2, -0.15) is 13.2 Å². The van der Waals surface area contributed by atoms with Gasteiger partial charge in [0.25, 0.3) is 0 Å². The van der Waals surface area contributed by atoms with Gasteiger partial charge in [-0.15, -0.1) is 24.8 Å². The van der Waals surface area contributed by atoms with Crippen LogP contribution >= 0.6 is 48.0 Å². The van der Waals surface area contributed by atoms with E-state index in [0.717, 1.165) is 0 Å². The molecule has 0 aromatic heterocycles. The van der Waals surface area contributed by atoms with E-state index in [9.17, 15) is 13.2 Å². The molecular weight excluding hydrogens is 371 g/mol. The second-order valence-electron chi connectivity index (χ2n) is 4.40. The molecule has 1 atom stereocenters. The van der Waals surface area contributed by atoms with Crippen molar-refractivity contribution in [2.45, 2.75) is 12.2 Å². The van der Waals surface area contributed by atoms with Gasteiger partial charge < -0.3 is 5.32 Å². The molecule has 1 aromatic rings. The summed E-state index contributed by atoms with van der Waals surface area (Å²) in [6.45, 7) is 1.80. The molecule has 1 heterocycles. The molecule has 0 aliphatic carbocycles. The first-order chi connectivity index (χ1) is 8.89. The third-order valence-electron chi connectivity index (χ3n) is 3.09. The zero-order valence-electron chi connectivity index (χ0n) is 10.8. The number of alkyl halides is 3. The third-order valence-corrected chi connectivity index (χ3v) is 3.83. The topological polar surface area (TPSA) is 15.3 Å². The summed E-state index contributed by atoms with van der Waals surface area (Å²) >= 11 is 11.6. The first-order valence-electron chi connectivity index (χ1n) is 5.86. The lowest BCUT2D eigenvalue weighted by molar-refractivity contribution is -0.187. The van der Waals surface area contributed by atoms with Crippen molar-refractivity contribution in [2.75, 3.05) is 26.2 Å². The highest BCUT2D eigenvalue weighted by Gasteiger charge is 2.44. The second kappa shape index (κ2) is 8.65. The van der Waals surface area contributed by atoms with E-state index >= 15 is 0 Å². The van der Waals surface area contributed by atoms with Crippen LogP contribution in [0.3, 0.4) is 0 Å². The van der Waals surface area contributed by atoms with Gasteiger partial charge >= 0.3 is 6.18 Å². The summed E-state index contributed by atoms with van der Waals surface area (Å²) < 4.78 is 39.9. The first-order valence-corrected chi connectivity index (χ1v) is 6.61. The van der Waals surface area contributed by atoms with E-state index in [2.05, 4.69) is 5.32 Å². The maximum atomic E-state index is 13.3. The third kappa shape index (κ3) is 5.34. The van der Waals surface area contributed by atoms with Crippen LogP contribution in [0.15, 0.2) is 18.2 Å². The molecule has 2 rings (SSSR count). The first kappa shape index (κ1) is 21.1. The van der Waals surface area contributed by atoms with E-state index in [1.807, 2.05) is 0 Å². The molecule has 122 valence electrons. The number of hydrogen-bond acceptors (Lipinski definition) is 2. The second-order valence-corrected chi connectivity index (χ2v) is 5.22. The number of hydrogen-bond donors (Lipinski definition) is 1. The number of halogens is 7. The van der Waals surface area contributed by atoms with Gasteiger partial charge in [0.15, 0.2) is 0 Å². The summed E-state index contributed by atoms with van der Waals surface area (Å²) in [5.41, 5.74) is 0.129. The van der Waals surface area contributed by atoms with Crippen LogP contribution in [-0.2, 0) is 0 Å². The predicted octanol–water partition coefficient (Wildman–Crippen LogP) is 4.35. The van der Waals surface area contributed by atoms with Gasteiger partial charge in [0.05, 0.1) is 10.0 Å². The molecule has 1 aliphatic heterocycles. The van der Waals surface area contributed by atoms with Crippen LogP contribution in [0.4, 0.5) is 13.2 Å². The van der Waals surface area contributed by atoms with Crippen molar-refractivity contribution in [1.82, 2.24) is 10.2 Å². The number of piperazine rings is 1. The lowest BCUT2D eigenvalue weighted by atomic mass is 10.0. The zero-order chi connectivity index (χ0) is 14.0. The van der Waals surface area contributed by atoms with Gasteiger partial charge in [0.2, 0.25) is 0 Å². The SMILES string of the molecule is Cl.Cl.FC(F)(F)[C@H](c1ccc(Cl)c(Cl)c1)N1CCNCC1. The molecule has 2 nitrogen and oxygen atoms in total. The van der Waals surface area contributed by atoms with Crippen molar-refractivity contribution in [1.29, 1.82) is 0 Å². The fourth-order valence-corrected chi connectivity index (χ4v) is 2.54. The van der Waals surface area contributed by atoms with Crippen LogP contribution in [0.1, 0.15) is 11.6 Å². The highest BCUT2D eigenvalue weighted by atomic mass is 35.5. The van der Waals surface area contributed by atoms with Gasteiger partial charge in [-0.05, 0) is 17.7 Å². The van der Waals surface area contributed by atoms with Gasteiger partial charge in [-0.3, -0.25) is 4.90 Å². The molecule has 1 saturated heterocycles.